The van der Waals surface area contributed by atoms with Gasteiger partial charge in [-0.15, -0.1) is 12.4 Å². The van der Waals surface area contributed by atoms with Gasteiger partial charge in [0.1, 0.15) is 5.69 Å². The Kier molecular flexibility index (Phi) is 6.15. The second-order valence-corrected chi connectivity index (χ2v) is 5.09. The van der Waals surface area contributed by atoms with Gasteiger partial charge < -0.3 is 9.15 Å². The van der Waals surface area contributed by atoms with Gasteiger partial charge >= 0.3 is 5.97 Å². The minimum Gasteiger partial charge on any atom is -0.469 e. The summed E-state index contributed by atoms with van der Waals surface area (Å²) in [5, 5.41) is 0. The highest BCUT2D eigenvalue weighted by molar-refractivity contribution is 5.85. The number of aryl methyl sites for hydroxylation is 1. The van der Waals surface area contributed by atoms with Gasteiger partial charge in [0, 0.05) is 17.5 Å². The van der Waals surface area contributed by atoms with Crippen molar-refractivity contribution in [2.75, 3.05) is 7.11 Å². The van der Waals surface area contributed by atoms with Gasteiger partial charge in [-0.3, -0.25) is 4.79 Å². The zero-order chi connectivity index (χ0) is 16.1. The first-order chi connectivity index (χ1) is 11.3. The van der Waals surface area contributed by atoms with Crippen LogP contribution in [0.15, 0.2) is 65.1 Å². The largest absolute Gasteiger partial charge is 0.469 e. The molecule has 1 aromatic heterocycles. The van der Waals surface area contributed by atoms with Crippen molar-refractivity contribution in [2.24, 2.45) is 0 Å². The monoisotopic (exact) mass is 343 g/mol. The number of carbonyl (C=O) groups excluding carboxylic acids is 1. The fourth-order valence-electron chi connectivity index (χ4n) is 2.36. The Bertz CT molecular complexity index is 728. The number of hydrogen-bond donors (Lipinski definition) is 0. The molecular formula is C19H18ClNO3. The van der Waals surface area contributed by atoms with E-state index in [2.05, 4.69) is 9.72 Å². The van der Waals surface area contributed by atoms with E-state index in [1.807, 2.05) is 60.7 Å². The third kappa shape index (κ3) is 4.03. The molecule has 2 aromatic carbocycles. The van der Waals surface area contributed by atoms with Gasteiger partial charge in [-0.1, -0.05) is 60.7 Å². The number of oxazole rings is 1. The third-order valence-electron chi connectivity index (χ3n) is 3.53. The molecular weight excluding hydrogens is 326 g/mol. The van der Waals surface area contributed by atoms with Crippen LogP contribution in [0, 0.1) is 0 Å². The molecule has 0 aliphatic heterocycles. The molecule has 124 valence electrons. The summed E-state index contributed by atoms with van der Waals surface area (Å²) in [5.41, 5.74) is 2.74. The van der Waals surface area contributed by atoms with Gasteiger partial charge in [0.05, 0.1) is 13.5 Å². The van der Waals surface area contributed by atoms with Crippen molar-refractivity contribution < 1.29 is 13.9 Å². The summed E-state index contributed by atoms with van der Waals surface area (Å²) < 4.78 is 10.6. The quantitative estimate of drug-likeness (QED) is 0.638. The van der Waals surface area contributed by atoms with Crippen LogP contribution in [0.25, 0.3) is 22.6 Å². The maximum absolute atomic E-state index is 11.3. The van der Waals surface area contributed by atoms with Gasteiger partial charge in [0.25, 0.3) is 0 Å². The van der Waals surface area contributed by atoms with Crippen LogP contribution in [0.5, 0.6) is 0 Å². The van der Waals surface area contributed by atoms with E-state index in [0.29, 0.717) is 12.3 Å². The average Bonchev–Trinajstić information content (AvgIpc) is 3.05. The number of rotatable bonds is 5. The van der Waals surface area contributed by atoms with Crippen LogP contribution in [0.3, 0.4) is 0 Å². The molecule has 3 rings (SSSR count). The molecule has 4 nitrogen and oxygen atoms in total. The third-order valence-corrected chi connectivity index (χ3v) is 3.53. The van der Waals surface area contributed by atoms with E-state index < -0.39 is 0 Å². The SMILES string of the molecule is COC(=O)CCc1nc(-c2ccccc2)c(-c2ccccc2)o1.Cl. The van der Waals surface area contributed by atoms with Crippen molar-refractivity contribution in [3.05, 3.63) is 66.6 Å². The number of nitrogens with zero attached hydrogens (tertiary/aromatic N) is 1. The van der Waals surface area contributed by atoms with Gasteiger partial charge in [-0.05, 0) is 0 Å². The molecule has 0 unspecified atom stereocenters. The lowest BCUT2D eigenvalue weighted by atomic mass is 10.1. The van der Waals surface area contributed by atoms with E-state index in [1.54, 1.807) is 0 Å². The second kappa shape index (κ2) is 8.31. The van der Waals surface area contributed by atoms with Gasteiger partial charge in [0.2, 0.25) is 0 Å². The molecule has 0 fully saturated rings. The molecule has 0 saturated heterocycles. The maximum atomic E-state index is 11.3. The molecule has 0 saturated carbocycles. The Balaban J connectivity index is 0.00000208. The number of esters is 1. The Hall–Kier alpha value is -2.59. The predicted molar refractivity (Wildman–Crippen MR) is 95.0 cm³/mol. The second-order valence-electron chi connectivity index (χ2n) is 5.09. The number of halogens is 1. The molecule has 0 radical (unpaired) electrons. The van der Waals surface area contributed by atoms with Crippen molar-refractivity contribution >= 4 is 18.4 Å². The lowest BCUT2D eigenvalue weighted by Gasteiger charge is -2.00. The van der Waals surface area contributed by atoms with Crippen molar-refractivity contribution in [1.29, 1.82) is 0 Å². The van der Waals surface area contributed by atoms with E-state index in [1.165, 1.54) is 7.11 Å². The molecule has 3 aromatic rings. The fourth-order valence-corrected chi connectivity index (χ4v) is 2.36. The summed E-state index contributed by atoms with van der Waals surface area (Å²) in [6.07, 6.45) is 0.665. The minimum absolute atomic E-state index is 0. The molecule has 1 heterocycles. The van der Waals surface area contributed by atoms with E-state index in [9.17, 15) is 4.79 Å². The molecule has 0 atom stereocenters. The van der Waals surface area contributed by atoms with Gasteiger partial charge in [-0.25, -0.2) is 4.98 Å². The number of carbonyl (C=O) groups is 1. The number of methoxy groups -OCH3 is 1. The molecule has 0 aliphatic carbocycles. The predicted octanol–water partition coefficient (Wildman–Crippen LogP) is 4.54. The maximum Gasteiger partial charge on any atom is 0.306 e. The molecule has 5 heteroatoms. The Morgan fingerprint density at radius 1 is 1.00 bits per heavy atom. The first-order valence-electron chi connectivity index (χ1n) is 7.45. The van der Waals surface area contributed by atoms with Crippen LogP contribution in [-0.2, 0) is 16.0 Å². The molecule has 0 bridgehead atoms. The molecule has 0 N–H and O–H groups in total. The van der Waals surface area contributed by atoms with Crippen molar-refractivity contribution in [2.45, 2.75) is 12.8 Å². The Morgan fingerprint density at radius 3 is 2.17 bits per heavy atom. The summed E-state index contributed by atoms with van der Waals surface area (Å²) in [7, 11) is 1.38. The minimum atomic E-state index is -0.272. The number of aromatic nitrogens is 1. The Morgan fingerprint density at radius 2 is 1.58 bits per heavy atom. The highest BCUT2D eigenvalue weighted by Gasteiger charge is 2.17. The van der Waals surface area contributed by atoms with Crippen molar-refractivity contribution in [1.82, 2.24) is 4.98 Å². The van der Waals surface area contributed by atoms with E-state index >= 15 is 0 Å². The highest BCUT2D eigenvalue weighted by Crippen LogP contribution is 2.32. The van der Waals surface area contributed by atoms with Crippen molar-refractivity contribution in [3.8, 4) is 22.6 Å². The van der Waals surface area contributed by atoms with Crippen LogP contribution in [-0.4, -0.2) is 18.1 Å². The zero-order valence-corrected chi connectivity index (χ0v) is 14.1. The number of hydrogen-bond acceptors (Lipinski definition) is 4. The van der Waals surface area contributed by atoms with Gasteiger partial charge in [0.15, 0.2) is 11.7 Å². The van der Waals surface area contributed by atoms with Crippen molar-refractivity contribution in [3.63, 3.8) is 0 Å². The topological polar surface area (TPSA) is 52.3 Å². The number of ether oxygens (including phenoxy) is 1. The number of benzene rings is 2. The van der Waals surface area contributed by atoms with Crippen LogP contribution in [0.4, 0.5) is 0 Å². The fraction of sp³-hybridized carbons (Fsp3) is 0.158. The highest BCUT2D eigenvalue weighted by atomic mass is 35.5. The standard InChI is InChI=1S/C19H17NO3.ClH/c1-22-17(21)13-12-16-20-18(14-8-4-2-5-9-14)19(23-16)15-10-6-3-7-11-15;/h2-11H,12-13H2,1H3;1H. The summed E-state index contributed by atoms with van der Waals surface area (Å²) in [6, 6.07) is 19.7. The zero-order valence-electron chi connectivity index (χ0n) is 13.3. The van der Waals surface area contributed by atoms with E-state index in [-0.39, 0.29) is 24.8 Å². The Labute approximate surface area is 146 Å². The first kappa shape index (κ1) is 17.8. The molecule has 0 aliphatic rings. The van der Waals surface area contributed by atoms with Crippen LogP contribution >= 0.6 is 12.4 Å². The van der Waals surface area contributed by atoms with Crippen LogP contribution < -0.4 is 0 Å². The first-order valence-corrected chi connectivity index (χ1v) is 7.45. The summed E-state index contributed by atoms with van der Waals surface area (Å²) >= 11 is 0. The summed E-state index contributed by atoms with van der Waals surface area (Å²) in [5.74, 6) is 0.982. The van der Waals surface area contributed by atoms with E-state index in [4.69, 9.17) is 4.42 Å². The normalized spacial score (nSPS) is 10.0. The summed E-state index contributed by atoms with van der Waals surface area (Å²) in [6.45, 7) is 0. The lowest BCUT2D eigenvalue weighted by Crippen LogP contribution is -2.01. The van der Waals surface area contributed by atoms with Gasteiger partial charge in [-0.2, -0.15) is 0 Å². The molecule has 0 spiro atoms. The van der Waals surface area contributed by atoms with Crippen LogP contribution in [0.2, 0.25) is 0 Å². The van der Waals surface area contributed by atoms with E-state index in [0.717, 1.165) is 22.6 Å². The lowest BCUT2D eigenvalue weighted by molar-refractivity contribution is -0.140. The average molecular weight is 344 g/mol. The van der Waals surface area contributed by atoms with Crippen LogP contribution in [0.1, 0.15) is 12.3 Å². The molecule has 0 amide bonds. The smallest absolute Gasteiger partial charge is 0.306 e. The molecule has 24 heavy (non-hydrogen) atoms. The summed E-state index contributed by atoms with van der Waals surface area (Å²) in [4.78, 5) is 15.9.